The number of ether oxygens (including phenoxy) is 1. The molecule has 1 aliphatic rings. The van der Waals surface area contributed by atoms with Gasteiger partial charge in [0.25, 0.3) is 5.91 Å². The maximum atomic E-state index is 12.2. The highest BCUT2D eigenvalue weighted by atomic mass is 16.5. The predicted octanol–water partition coefficient (Wildman–Crippen LogP) is 2.24. The van der Waals surface area contributed by atoms with Crippen LogP contribution in [-0.4, -0.2) is 52.3 Å². The van der Waals surface area contributed by atoms with E-state index in [1.54, 1.807) is 37.4 Å². The van der Waals surface area contributed by atoms with Gasteiger partial charge in [0.15, 0.2) is 5.82 Å². The lowest BCUT2D eigenvalue weighted by molar-refractivity contribution is 0.0954. The second kappa shape index (κ2) is 9.24. The molecular formula is C21H23N7O3. The third-order valence-electron chi connectivity index (χ3n) is 4.81. The second-order valence-electron chi connectivity index (χ2n) is 7.12. The van der Waals surface area contributed by atoms with Crippen LogP contribution in [0.3, 0.4) is 0 Å². The Bertz CT molecular complexity index is 1060. The second-order valence-corrected chi connectivity index (χ2v) is 7.12. The zero-order chi connectivity index (χ0) is 21.6. The maximum absolute atomic E-state index is 12.2. The number of benzene rings is 2. The number of carbonyl (C=O) groups excluding carboxylic acids is 2. The zero-order valence-electron chi connectivity index (χ0n) is 17.0. The Labute approximate surface area is 179 Å². The number of anilines is 1. The van der Waals surface area contributed by atoms with E-state index < -0.39 is 0 Å². The van der Waals surface area contributed by atoms with Gasteiger partial charge in [0.2, 0.25) is 0 Å². The van der Waals surface area contributed by atoms with Crippen molar-refractivity contribution in [1.82, 2.24) is 30.8 Å². The van der Waals surface area contributed by atoms with Crippen molar-refractivity contribution >= 4 is 17.6 Å². The van der Waals surface area contributed by atoms with E-state index in [-0.39, 0.29) is 18.5 Å². The lowest BCUT2D eigenvalue weighted by Gasteiger charge is -2.10. The van der Waals surface area contributed by atoms with Crippen molar-refractivity contribution in [3.05, 3.63) is 54.1 Å². The third-order valence-corrected chi connectivity index (χ3v) is 4.81. The standard InChI is InChI=1S/C21H23N7O3/c1-31-18-9-5-14(6-10-18)20(29)22-11-12-23-21(30)24-16-4-2-3-15(13-16)19-25-26-27-28(19)17-7-8-17/h2-6,9-10,13,17H,7-8,11-12H2,1H3,(H,22,29)(H2,23,24,30). The Morgan fingerprint density at radius 3 is 2.61 bits per heavy atom. The molecule has 3 amide bonds. The summed E-state index contributed by atoms with van der Waals surface area (Å²) in [6.45, 7) is 0.585. The Morgan fingerprint density at radius 2 is 1.87 bits per heavy atom. The number of methoxy groups -OCH3 is 1. The van der Waals surface area contributed by atoms with Crippen LogP contribution in [0.25, 0.3) is 11.4 Å². The first kappa shape index (κ1) is 20.3. The first-order valence-electron chi connectivity index (χ1n) is 9.99. The molecule has 2 aromatic carbocycles. The number of hydrogen-bond acceptors (Lipinski definition) is 6. The Kier molecular flexibility index (Phi) is 6.06. The van der Waals surface area contributed by atoms with Gasteiger partial charge in [-0.2, -0.15) is 0 Å². The number of nitrogens with one attached hydrogen (secondary N) is 3. The van der Waals surface area contributed by atoms with Crippen LogP contribution in [0.1, 0.15) is 29.2 Å². The average Bonchev–Trinajstić information content (AvgIpc) is 3.52. The SMILES string of the molecule is COc1ccc(C(=O)NCCNC(=O)Nc2cccc(-c3nnnn3C3CC3)c2)cc1. The number of aromatic nitrogens is 4. The van der Waals surface area contributed by atoms with E-state index in [1.165, 1.54) is 0 Å². The summed E-state index contributed by atoms with van der Waals surface area (Å²) in [5, 5.41) is 20.2. The largest absolute Gasteiger partial charge is 0.497 e. The molecule has 31 heavy (non-hydrogen) atoms. The number of nitrogens with zero attached hydrogens (tertiary/aromatic N) is 4. The molecule has 0 spiro atoms. The molecule has 1 fully saturated rings. The minimum atomic E-state index is -0.363. The highest BCUT2D eigenvalue weighted by Gasteiger charge is 2.28. The van der Waals surface area contributed by atoms with Gasteiger partial charge in [0.05, 0.1) is 13.2 Å². The molecular weight excluding hydrogens is 398 g/mol. The van der Waals surface area contributed by atoms with E-state index in [4.69, 9.17) is 4.74 Å². The van der Waals surface area contributed by atoms with Crippen LogP contribution < -0.4 is 20.7 Å². The van der Waals surface area contributed by atoms with Crippen molar-refractivity contribution in [2.45, 2.75) is 18.9 Å². The molecule has 1 heterocycles. The fraction of sp³-hybridized carbons (Fsp3) is 0.286. The van der Waals surface area contributed by atoms with Crippen molar-refractivity contribution < 1.29 is 14.3 Å². The van der Waals surface area contributed by atoms with Crippen molar-refractivity contribution in [3.8, 4) is 17.1 Å². The number of hydrogen-bond donors (Lipinski definition) is 3. The molecule has 0 radical (unpaired) electrons. The van der Waals surface area contributed by atoms with E-state index in [0.717, 1.165) is 18.4 Å². The molecule has 3 aromatic rings. The average molecular weight is 421 g/mol. The van der Waals surface area contributed by atoms with Crippen LogP contribution in [0, 0.1) is 0 Å². The topological polar surface area (TPSA) is 123 Å². The molecule has 160 valence electrons. The minimum absolute atomic E-state index is 0.217. The molecule has 1 saturated carbocycles. The first-order valence-corrected chi connectivity index (χ1v) is 9.99. The molecule has 10 heteroatoms. The number of carbonyl (C=O) groups is 2. The molecule has 0 atom stereocenters. The van der Waals surface area contributed by atoms with Crippen molar-refractivity contribution in [3.63, 3.8) is 0 Å². The predicted molar refractivity (Wildman–Crippen MR) is 114 cm³/mol. The molecule has 0 bridgehead atoms. The van der Waals surface area contributed by atoms with E-state index in [1.807, 2.05) is 22.9 Å². The molecule has 0 saturated heterocycles. The van der Waals surface area contributed by atoms with Gasteiger partial charge in [0, 0.05) is 29.9 Å². The van der Waals surface area contributed by atoms with Gasteiger partial charge < -0.3 is 20.7 Å². The number of rotatable bonds is 8. The van der Waals surface area contributed by atoms with Crippen LogP contribution in [-0.2, 0) is 0 Å². The smallest absolute Gasteiger partial charge is 0.319 e. The molecule has 0 unspecified atom stereocenters. The van der Waals surface area contributed by atoms with Crippen molar-refractivity contribution in [2.24, 2.45) is 0 Å². The summed E-state index contributed by atoms with van der Waals surface area (Å²) in [5.41, 5.74) is 1.99. The van der Waals surface area contributed by atoms with Gasteiger partial charge in [-0.15, -0.1) is 5.10 Å². The van der Waals surface area contributed by atoms with E-state index in [9.17, 15) is 9.59 Å². The molecule has 0 aliphatic heterocycles. The van der Waals surface area contributed by atoms with Gasteiger partial charge in [-0.1, -0.05) is 12.1 Å². The van der Waals surface area contributed by atoms with Crippen LogP contribution in [0.15, 0.2) is 48.5 Å². The Morgan fingerprint density at radius 1 is 1.10 bits per heavy atom. The Hall–Kier alpha value is -3.95. The summed E-state index contributed by atoms with van der Waals surface area (Å²) in [6, 6.07) is 14.2. The number of tetrazole rings is 1. The summed E-state index contributed by atoms with van der Waals surface area (Å²) in [5.74, 6) is 1.15. The summed E-state index contributed by atoms with van der Waals surface area (Å²) < 4.78 is 6.90. The van der Waals surface area contributed by atoms with Gasteiger partial charge in [0.1, 0.15) is 5.75 Å². The molecule has 1 aromatic heterocycles. The molecule has 4 rings (SSSR count). The summed E-state index contributed by atoms with van der Waals surface area (Å²) in [7, 11) is 1.57. The van der Waals surface area contributed by atoms with E-state index >= 15 is 0 Å². The van der Waals surface area contributed by atoms with Gasteiger partial charge in [-0.3, -0.25) is 4.79 Å². The van der Waals surface area contributed by atoms with Crippen LogP contribution in [0.5, 0.6) is 5.75 Å². The minimum Gasteiger partial charge on any atom is -0.497 e. The Balaban J connectivity index is 1.24. The number of amides is 3. The van der Waals surface area contributed by atoms with Crippen molar-refractivity contribution in [1.29, 1.82) is 0 Å². The third kappa shape index (κ3) is 5.16. The highest BCUT2D eigenvalue weighted by molar-refractivity contribution is 5.94. The zero-order valence-corrected chi connectivity index (χ0v) is 17.0. The first-order chi connectivity index (χ1) is 15.1. The quantitative estimate of drug-likeness (QED) is 0.479. The lowest BCUT2D eigenvalue weighted by atomic mass is 10.2. The summed E-state index contributed by atoms with van der Waals surface area (Å²) in [4.78, 5) is 24.3. The van der Waals surface area contributed by atoms with Crippen molar-refractivity contribution in [2.75, 3.05) is 25.5 Å². The van der Waals surface area contributed by atoms with Gasteiger partial charge >= 0.3 is 6.03 Å². The molecule has 1 aliphatic carbocycles. The van der Waals surface area contributed by atoms with Crippen LogP contribution in [0.2, 0.25) is 0 Å². The fourth-order valence-electron chi connectivity index (χ4n) is 3.06. The molecule has 3 N–H and O–H groups in total. The van der Waals surface area contributed by atoms with Gasteiger partial charge in [-0.25, -0.2) is 9.48 Å². The van der Waals surface area contributed by atoms with E-state index in [2.05, 4.69) is 31.5 Å². The lowest BCUT2D eigenvalue weighted by Crippen LogP contribution is -2.36. The number of urea groups is 1. The summed E-state index contributed by atoms with van der Waals surface area (Å²) in [6.07, 6.45) is 2.15. The summed E-state index contributed by atoms with van der Waals surface area (Å²) >= 11 is 0. The van der Waals surface area contributed by atoms with Crippen LogP contribution in [0.4, 0.5) is 10.5 Å². The van der Waals surface area contributed by atoms with E-state index in [0.29, 0.717) is 35.4 Å². The maximum Gasteiger partial charge on any atom is 0.319 e. The van der Waals surface area contributed by atoms with Crippen LogP contribution >= 0.6 is 0 Å². The molecule has 10 nitrogen and oxygen atoms in total. The highest BCUT2D eigenvalue weighted by Crippen LogP contribution is 2.36. The monoisotopic (exact) mass is 421 g/mol. The van der Waals surface area contributed by atoms with Gasteiger partial charge in [-0.05, 0) is 59.7 Å². The normalized spacial score (nSPS) is 12.8. The fourth-order valence-corrected chi connectivity index (χ4v) is 3.06.